The maximum Gasteiger partial charge on any atom is 0.148 e. The normalized spacial score (nSPS) is 11.7. The average molecular weight is 749 g/mol. The Morgan fingerprint density at radius 1 is 0.351 bits per heavy atom. The van der Waals surface area contributed by atoms with Crippen LogP contribution in [0.5, 0.6) is 0 Å². The van der Waals surface area contributed by atoms with Gasteiger partial charge in [0.15, 0.2) is 0 Å². The third kappa shape index (κ3) is 5.50. The molecule has 0 spiro atoms. The molecule has 0 radical (unpaired) electrons. The van der Waals surface area contributed by atoms with E-state index in [1.54, 1.807) is 11.3 Å². The first-order valence-corrected chi connectivity index (χ1v) is 20.1. The minimum Gasteiger partial charge on any atom is -0.309 e. The SMILES string of the molecule is Cc1cc(-c2ccc(-n3c4ccccc4c4ccccc43)cc2)ccc1-c1nnc(-c2ccc(-c3ccc(-n4c5ccccc5c5ccccc54)cc3)cc2C)s1. The number of para-hydroxylation sites is 4. The largest absolute Gasteiger partial charge is 0.309 e. The Balaban J connectivity index is 0.840. The number of fused-ring (bicyclic) bond motifs is 6. The van der Waals surface area contributed by atoms with Gasteiger partial charge < -0.3 is 9.13 Å². The van der Waals surface area contributed by atoms with Gasteiger partial charge in [-0.05, 0) is 95.8 Å². The highest BCUT2D eigenvalue weighted by atomic mass is 32.1. The van der Waals surface area contributed by atoms with Crippen LogP contribution >= 0.6 is 11.3 Å². The minimum atomic E-state index is 0.930. The maximum absolute atomic E-state index is 4.68. The van der Waals surface area contributed by atoms with Gasteiger partial charge in [-0.1, -0.05) is 145 Å². The van der Waals surface area contributed by atoms with Gasteiger partial charge in [0.2, 0.25) is 0 Å². The lowest BCUT2D eigenvalue weighted by Gasteiger charge is -2.11. The van der Waals surface area contributed by atoms with Crippen molar-refractivity contribution in [2.45, 2.75) is 13.8 Å². The Bertz CT molecular complexity index is 2980. The molecule has 3 aromatic heterocycles. The summed E-state index contributed by atoms with van der Waals surface area (Å²) in [6.45, 7) is 4.33. The van der Waals surface area contributed by atoms with E-state index in [1.165, 1.54) is 77.0 Å². The number of hydrogen-bond acceptors (Lipinski definition) is 3. The summed E-state index contributed by atoms with van der Waals surface area (Å²) in [5, 5.41) is 16.3. The Morgan fingerprint density at radius 2 is 0.667 bits per heavy atom. The van der Waals surface area contributed by atoms with Crippen LogP contribution < -0.4 is 0 Å². The van der Waals surface area contributed by atoms with E-state index in [0.717, 1.165) is 32.5 Å². The van der Waals surface area contributed by atoms with Gasteiger partial charge >= 0.3 is 0 Å². The van der Waals surface area contributed by atoms with E-state index in [4.69, 9.17) is 0 Å². The average Bonchev–Trinajstić information content (AvgIpc) is 3.97. The number of aromatic nitrogens is 4. The fraction of sp³-hybridized carbons (Fsp3) is 0.0385. The van der Waals surface area contributed by atoms with Crippen molar-refractivity contribution in [2.75, 3.05) is 0 Å². The molecule has 0 atom stereocenters. The molecule has 0 saturated heterocycles. The molecule has 0 fully saturated rings. The van der Waals surface area contributed by atoms with Crippen LogP contribution in [0.3, 0.4) is 0 Å². The molecule has 3 heterocycles. The third-order valence-corrected chi connectivity index (χ3v) is 12.4. The van der Waals surface area contributed by atoms with Gasteiger partial charge in [-0.2, -0.15) is 0 Å². The number of rotatable bonds is 6. The molecule has 0 N–H and O–H groups in total. The van der Waals surface area contributed by atoms with Crippen molar-refractivity contribution in [3.8, 4) is 54.8 Å². The van der Waals surface area contributed by atoms with E-state index in [-0.39, 0.29) is 0 Å². The molecule has 0 saturated carbocycles. The molecule has 11 rings (SSSR count). The zero-order chi connectivity index (χ0) is 38.0. The second-order valence-corrected chi connectivity index (χ2v) is 15.8. The summed E-state index contributed by atoms with van der Waals surface area (Å²) in [7, 11) is 0. The van der Waals surface area contributed by atoms with Gasteiger partial charge in [0.1, 0.15) is 10.0 Å². The Labute approximate surface area is 334 Å². The zero-order valence-electron chi connectivity index (χ0n) is 31.5. The highest BCUT2D eigenvalue weighted by Crippen LogP contribution is 2.38. The number of hydrogen-bond donors (Lipinski definition) is 0. The highest BCUT2D eigenvalue weighted by molar-refractivity contribution is 7.18. The van der Waals surface area contributed by atoms with Crippen LogP contribution in [-0.2, 0) is 0 Å². The van der Waals surface area contributed by atoms with Crippen molar-refractivity contribution in [2.24, 2.45) is 0 Å². The Kier molecular flexibility index (Phi) is 7.76. The quantitative estimate of drug-likeness (QED) is 0.170. The van der Waals surface area contributed by atoms with E-state index in [1.807, 2.05) is 0 Å². The second kappa shape index (κ2) is 13.3. The molecule has 4 nitrogen and oxygen atoms in total. The first-order chi connectivity index (χ1) is 28.1. The van der Waals surface area contributed by atoms with E-state index < -0.39 is 0 Å². The topological polar surface area (TPSA) is 35.6 Å². The van der Waals surface area contributed by atoms with Crippen LogP contribution in [0.25, 0.3) is 98.4 Å². The standard InChI is InChI=1S/C52H36N4S/c1-33-31-37(35-19-25-39(26-20-35)55-47-15-7-3-11-43(47)44-12-4-8-16-48(44)55)23-29-41(33)51-53-54-52(57-51)42-30-24-38(32-34(42)2)36-21-27-40(28-22-36)56-49-17-9-5-13-45(49)46-14-6-10-18-50(46)56/h3-32H,1-2H3. The molecule has 0 amide bonds. The first kappa shape index (κ1) is 33.3. The van der Waals surface area contributed by atoms with Crippen molar-refractivity contribution >= 4 is 54.9 Å². The van der Waals surface area contributed by atoms with Crippen LogP contribution in [0.2, 0.25) is 0 Å². The first-order valence-electron chi connectivity index (χ1n) is 19.3. The molecule has 0 aliphatic heterocycles. The fourth-order valence-corrected chi connectivity index (χ4v) is 9.64. The summed E-state index contributed by atoms with van der Waals surface area (Å²) in [5.74, 6) is 0. The van der Waals surface area contributed by atoms with E-state index >= 15 is 0 Å². The molecular formula is C52H36N4S. The summed E-state index contributed by atoms with van der Waals surface area (Å²) in [4.78, 5) is 0. The number of nitrogens with zero attached hydrogens (tertiary/aromatic N) is 4. The van der Waals surface area contributed by atoms with Crippen molar-refractivity contribution in [1.82, 2.24) is 19.3 Å². The van der Waals surface area contributed by atoms with Crippen molar-refractivity contribution in [3.05, 3.63) is 193 Å². The second-order valence-electron chi connectivity index (χ2n) is 14.8. The van der Waals surface area contributed by atoms with Crippen molar-refractivity contribution in [3.63, 3.8) is 0 Å². The molecule has 57 heavy (non-hydrogen) atoms. The summed E-state index contributed by atoms with van der Waals surface area (Å²) in [6.07, 6.45) is 0. The molecule has 0 aliphatic rings. The predicted molar refractivity (Wildman–Crippen MR) is 240 cm³/mol. The Morgan fingerprint density at radius 3 is 1.00 bits per heavy atom. The van der Waals surface area contributed by atoms with E-state index in [0.29, 0.717) is 0 Å². The zero-order valence-corrected chi connectivity index (χ0v) is 32.3. The number of benzene rings is 8. The lowest BCUT2D eigenvalue weighted by molar-refractivity contribution is 1.10. The molecule has 0 aliphatic carbocycles. The van der Waals surface area contributed by atoms with Gasteiger partial charge in [0.25, 0.3) is 0 Å². The van der Waals surface area contributed by atoms with Crippen molar-refractivity contribution < 1.29 is 0 Å². The van der Waals surface area contributed by atoms with Crippen LogP contribution in [0.15, 0.2) is 182 Å². The molecule has 5 heteroatoms. The van der Waals surface area contributed by atoms with Crippen LogP contribution in [0, 0.1) is 13.8 Å². The number of aryl methyl sites for hydroxylation is 2. The summed E-state index contributed by atoms with van der Waals surface area (Å²) < 4.78 is 4.71. The molecular weight excluding hydrogens is 713 g/mol. The van der Waals surface area contributed by atoms with Gasteiger partial charge in [0, 0.05) is 44.0 Å². The molecule has 270 valence electrons. The maximum atomic E-state index is 4.68. The molecule has 8 aromatic carbocycles. The summed E-state index contributed by atoms with van der Waals surface area (Å²) >= 11 is 1.65. The van der Waals surface area contributed by atoms with E-state index in [9.17, 15) is 0 Å². The smallest absolute Gasteiger partial charge is 0.148 e. The van der Waals surface area contributed by atoms with E-state index in [2.05, 4.69) is 215 Å². The lowest BCUT2D eigenvalue weighted by atomic mass is 10.00. The van der Waals surface area contributed by atoms with Gasteiger partial charge in [0.05, 0.1) is 22.1 Å². The van der Waals surface area contributed by atoms with Crippen LogP contribution in [-0.4, -0.2) is 19.3 Å². The molecule has 0 unspecified atom stereocenters. The predicted octanol–water partition coefficient (Wildman–Crippen LogP) is 14.0. The summed E-state index contributed by atoms with van der Waals surface area (Å²) in [5.41, 5.74) is 16.5. The minimum absolute atomic E-state index is 0.930. The third-order valence-electron chi connectivity index (χ3n) is 11.4. The monoisotopic (exact) mass is 748 g/mol. The molecule has 11 aromatic rings. The lowest BCUT2D eigenvalue weighted by Crippen LogP contribution is -1.93. The van der Waals surface area contributed by atoms with Crippen LogP contribution in [0.1, 0.15) is 11.1 Å². The van der Waals surface area contributed by atoms with Gasteiger partial charge in [-0.3, -0.25) is 0 Å². The highest BCUT2D eigenvalue weighted by Gasteiger charge is 2.16. The van der Waals surface area contributed by atoms with Gasteiger partial charge in [-0.15, -0.1) is 10.2 Å². The van der Waals surface area contributed by atoms with Gasteiger partial charge in [-0.25, -0.2) is 0 Å². The Hall–Kier alpha value is -7.08. The van der Waals surface area contributed by atoms with Crippen molar-refractivity contribution in [1.29, 1.82) is 0 Å². The molecule has 0 bridgehead atoms. The summed E-state index contributed by atoms with van der Waals surface area (Å²) in [6, 6.07) is 65.7. The fourth-order valence-electron chi connectivity index (χ4n) is 8.61. The van der Waals surface area contributed by atoms with Crippen LogP contribution in [0.4, 0.5) is 0 Å².